The van der Waals surface area contributed by atoms with Gasteiger partial charge in [-0.1, -0.05) is 11.6 Å². The fourth-order valence-corrected chi connectivity index (χ4v) is 3.06. The fraction of sp³-hybridized carbons (Fsp3) is 0.467. The van der Waals surface area contributed by atoms with Crippen LogP contribution in [0.2, 0.25) is 0 Å². The summed E-state index contributed by atoms with van der Waals surface area (Å²) in [7, 11) is 1.71. The van der Waals surface area contributed by atoms with Crippen molar-refractivity contribution in [3.8, 4) is 5.75 Å². The standard InChI is InChI=1S/C15H18O2/c1-17-13-5-7-15-11(9-13)3-2-10-8-12(16)4-6-14(10)15/h5,7,9,12,16H,2-4,6,8H2,1H3/t12-/m1/s1. The zero-order chi connectivity index (χ0) is 11.8. The maximum absolute atomic E-state index is 9.72. The van der Waals surface area contributed by atoms with Gasteiger partial charge in [-0.05, 0) is 60.9 Å². The lowest BCUT2D eigenvalue weighted by Gasteiger charge is -2.29. The van der Waals surface area contributed by atoms with Gasteiger partial charge in [-0.3, -0.25) is 0 Å². The van der Waals surface area contributed by atoms with Crippen molar-refractivity contribution in [2.75, 3.05) is 7.11 Å². The molecule has 2 nitrogen and oxygen atoms in total. The van der Waals surface area contributed by atoms with E-state index in [9.17, 15) is 5.11 Å². The summed E-state index contributed by atoms with van der Waals surface area (Å²) in [4.78, 5) is 0. The molecule has 2 heteroatoms. The predicted molar refractivity (Wildman–Crippen MR) is 68.1 cm³/mol. The van der Waals surface area contributed by atoms with Crippen molar-refractivity contribution in [2.45, 2.75) is 38.2 Å². The number of aliphatic hydroxyl groups excluding tert-OH is 1. The van der Waals surface area contributed by atoms with Crippen molar-refractivity contribution >= 4 is 5.57 Å². The number of ether oxygens (including phenoxy) is 1. The zero-order valence-electron chi connectivity index (χ0n) is 10.2. The molecule has 0 saturated heterocycles. The lowest BCUT2D eigenvalue weighted by Crippen LogP contribution is -2.18. The van der Waals surface area contributed by atoms with E-state index >= 15 is 0 Å². The number of aliphatic hydroxyl groups is 1. The van der Waals surface area contributed by atoms with Crippen molar-refractivity contribution in [3.05, 3.63) is 34.9 Å². The third kappa shape index (κ3) is 1.87. The summed E-state index contributed by atoms with van der Waals surface area (Å²) in [5, 5.41) is 9.72. The molecule has 2 aliphatic rings. The summed E-state index contributed by atoms with van der Waals surface area (Å²) in [6, 6.07) is 6.38. The molecule has 0 heterocycles. The highest BCUT2D eigenvalue weighted by atomic mass is 16.5. The van der Waals surface area contributed by atoms with Gasteiger partial charge < -0.3 is 9.84 Å². The van der Waals surface area contributed by atoms with Crippen molar-refractivity contribution in [3.63, 3.8) is 0 Å². The molecule has 0 spiro atoms. The minimum Gasteiger partial charge on any atom is -0.497 e. The molecule has 0 aromatic heterocycles. The van der Waals surface area contributed by atoms with E-state index in [0.29, 0.717) is 0 Å². The lowest BCUT2D eigenvalue weighted by molar-refractivity contribution is 0.160. The van der Waals surface area contributed by atoms with Gasteiger partial charge in [0.15, 0.2) is 0 Å². The largest absolute Gasteiger partial charge is 0.497 e. The third-order valence-corrected chi connectivity index (χ3v) is 3.97. The molecule has 0 unspecified atom stereocenters. The van der Waals surface area contributed by atoms with E-state index in [1.165, 1.54) is 22.3 Å². The van der Waals surface area contributed by atoms with Crippen LogP contribution in [0, 0.1) is 0 Å². The third-order valence-electron chi connectivity index (χ3n) is 3.97. The lowest BCUT2D eigenvalue weighted by atomic mass is 9.77. The first-order valence-electron chi connectivity index (χ1n) is 6.34. The van der Waals surface area contributed by atoms with Gasteiger partial charge in [-0.2, -0.15) is 0 Å². The maximum Gasteiger partial charge on any atom is 0.119 e. The number of methoxy groups -OCH3 is 1. The predicted octanol–water partition coefficient (Wildman–Crippen LogP) is 2.94. The molecule has 2 aliphatic carbocycles. The van der Waals surface area contributed by atoms with Gasteiger partial charge in [-0.25, -0.2) is 0 Å². The van der Waals surface area contributed by atoms with E-state index < -0.39 is 0 Å². The van der Waals surface area contributed by atoms with Gasteiger partial charge in [0.05, 0.1) is 13.2 Å². The Morgan fingerprint density at radius 2 is 2.12 bits per heavy atom. The molecule has 90 valence electrons. The van der Waals surface area contributed by atoms with Gasteiger partial charge in [0.25, 0.3) is 0 Å². The molecule has 0 aliphatic heterocycles. The number of rotatable bonds is 1. The number of fused-ring (bicyclic) bond motifs is 2. The quantitative estimate of drug-likeness (QED) is 0.803. The Labute approximate surface area is 102 Å². The molecule has 17 heavy (non-hydrogen) atoms. The number of aryl methyl sites for hydroxylation is 1. The van der Waals surface area contributed by atoms with Crippen LogP contribution in [0.3, 0.4) is 0 Å². The highest BCUT2D eigenvalue weighted by Crippen LogP contribution is 2.40. The minimum atomic E-state index is -0.117. The van der Waals surface area contributed by atoms with Crippen LogP contribution in [0.25, 0.3) is 5.57 Å². The van der Waals surface area contributed by atoms with Crippen molar-refractivity contribution in [1.29, 1.82) is 0 Å². The summed E-state index contributed by atoms with van der Waals surface area (Å²) in [5.41, 5.74) is 5.75. The van der Waals surface area contributed by atoms with Gasteiger partial charge in [-0.15, -0.1) is 0 Å². The van der Waals surface area contributed by atoms with Crippen LogP contribution in [0.5, 0.6) is 5.75 Å². The van der Waals surface area contributed by atoms with Crippen LogP contribution in [0.15, 0.2) is 23.8 Å². The second-order valence-corrected chi connectivity index (χ2v) is 5.00. The van der Waals surface area contributed by atoms with E-state index in [1.807, 2.05) is 6.07 Å². The Morgan fingerprint density at radius 1 is 1.24 bits per heavy atom. The number of hydrogen-bond donors (Lipinski definition) is 1. The summed E-state index contributed by atoms with van der Waals surface area (Å²) in [6.07, 6.45) is 4.87. The Balaban J connectivity index is 2.03. The highest BCUT2D eigenvalue weighted by Gasteiger charge is 2.25. The Morgan fingerprint density at radius 3 is 2.94 bits per heavy atom. The molecule has 0 radical (unpaired) electrons. The molecule has 1 N–H and O–H groups in total. The molecular formula is C15H18O2. The maximum atomic E-state index is 9.72. The fourth-order valence-electron chi connectivity index (χ4n) is 3.06. The van der Waals surface area contributed by atoms with Crippen LogP contribution in [-0.4, -0.2) is 18.3 Å². The Hall–Kier alpha value is -1.28. The first kappa shape index (κ1) is 10.8. The molecule has 0 bridgehead atoms. The second-order valence-electron chi connectivity index (χ2n) is 5.00. The number of allylic oxidation sites excluding steroid dienone is 1. The van der Waals surface area contributed by atoms with Crippen LogP contribution in [0.1, 0.15) is 36.8 Å². The van der Waals surface area contributed by atoms with Crippen molar-refractivity contribution in [2.24, 2.45) is 0 Å². The first-order valence-corrected chi connectivity index (χ1v) is 6.34. The van der Waals surface area contributed by atoms with E-state index in [2.05, 4.69) is 12.1 Å². The molecule has 3 rings (SSSR count). The molecule has 1 atom stereocenters. The van der Waals surface area contributed by atoms with Crippen LogP contribution in [-0.2, 0) is 6.42 Å². The first-order chi connectivity index (χ1) is 8.28. The van der Waals surface area contributed by atoms with E-state index in [4.69, 9.17) is 4.74 Å². The van der Waals surface area contributed by atoms with Gasteiger partial charge in [0.1, 0.15) is 5.75 Å². The normalized spacial score (nSPS) is 23.1. The molecule has 0 saturated carbocycles. The molecule has 1 aromatic rings. The van der Waals surface area contributed by atoms with Crippen LogP contribution in [0.4, 0.5) is 0 Å². The van der Waals surface area contributed by atoms with E-state index in [0.717, 1.165) is 37.9 Å². The molecule has 0 fully saturated rings. The summed E-state index contributed by atoms with van der Waals surface area (Å²) in [6.45, 7) is 0. The average Bonchev–Trinajstić information content (AvgIpc) is 2.37. The van der Waals surface area contributed by atoms with E-state index in [-0.39, 0.29) is 6.10 Å². The number of hydrogen-bond acceptors (Lipinski definition) is 2. The topological polar surface area (TPSA) is 29.5 Å². The van der Waals surface area contributed by atoms with Gasteiger partial charge in [0, 0.05) is 0 Å². The van der Waals surface area contributed by atoms with Crippen molar-refractivity contribution in [1.82, 2.24) is 0 Å². The van der Waals surface area contributed by atoms with Gasteiger partial charge >= 0.3 is 0 Å². The Bertz CT molecular complexity index is 474. The molecular weight excluding hydrogens is 212 g/mol. The molecule has 1 aromatic carbocycles. The summed E-state index contributed by atoms with van der Waals surface area (Å²) in [5.74, 6) is 0.948. The average molecular weight is 230 g/mol. The minimum absolute atomic E-state index is 0.117. The Kier molecular flexibility index (Phi) is 2.67. The highest BCUT2D eigenvalue weighted by molar-refractivity contribution is 5.74. The number of benzene rings is 1. The molecule has 0 amide bonds. The summed E-state index contributed by atoms with van der Waals surface area (Å²) < 4.78 is 5.28. The van der Waals surface area contributed by atoms with Crippen molar-refractivity contribution < 1.29 is 9.84 Å². The summed E-state index contributed by atoms with van der Waals surface area (Å²) >= 11 is 0. The monoisotopic (exact) mass is 230 g/mol. The second kappa shape index (κ2) is 4.19. The smallest absolute Gasteiger partial charge is 0.119 e. The van der Waals surface area contributed by atoms with E-state index in [1.54, 1.807) is 7.11 Å². The van der Waals surface area contributed by atoms with Crippen LogP contribution >= 0.6 is 0 Å². The zero-order valence-corrected chi connectivity index (χ0v) is 10.2. The SMILES string of the molecule is COc1ccc2c(c1)CCC1=C2CC[C@@H](O)C1. The van der Waals surface area contributed by atoms with Crippen LogP contribution < -0.4 is 4.74 Å². The van der Waals surface area contributed by atoms with Gasteiger partial charge in [0.2, 0.25) is 0 Å².